The average molecular weight is 297 g/mol. The third-order valence-corrected chi connectivity index (χ3v) is 4.37. The first kappa shape index (κ1) is 12.9. The highest BCUT2D eigenvalue weighted by molar-refractivity contribution is 9.10. The Hall–Kier alpha value is -0.540. The van der Waals surface area contributed by atoms with E-state index in [1.807, 2.05) is 0 Å². The third kappa shape index (κ3) is 3.02. The Morgan fingerprint density at radius 3 is 2.71 bits per heavy atom. The molecule has 1 N–H and O–H groups in total. The van der Waals surface area contributed by atoms with E-state index in [4.69, 9.17) is 0 Å². The van der Waals surface area contributed by atoms with Crippen molar-refractivity contribution >= 4 is 21.6 Å². The Morgan fingerprint density at radius 2 is 2.18 bits per heavy atom. The van der Waals surface area contributed by atoms with E-state index in [-0.39, 0.29) is 0 Å². The van der Waals surface area contributed by atoms with Crippen molar-refractivity contribution < 1.29 is 0 Å². The quantitative estimate of drug-likeness (QED) is 0.894. The van der Waals surface area contributed by atoms with Gasteiger partial charge < -0.3 is 10.2 Å². The minimum atomic E-state index is 0.751. The first-order valence-corrected chi connectivity index (χ1v) is 7.23. The average Bonchev–Trinajstić information content (AvgIpc) is 2.25. The van der Waals surface area contributed by atoms with E-state index in [1.165, 1.54) is 35.0 Å². The highest BCUT2D eigenvalue weighted by atomic mass is 79.9. The van der Waals surface area contributed by atoms with E-state index in [2.05, 4.69) is 58.3 Å². The van der Waals surface area contributed by atoms with Crippen molar-refractivity contribution in [2.45, 2.75) is 38.8 Å². The molecule has 0 bridgehead atoms. The van der Waals surface area contributed by atoms with Crippen molar-refractivity contribution in [2.75, 3.05) is 18.5 Å². The number of benzene rings is 1. The molecule has 0 unspecified atom stereocenters. The minimum Gasteiger partial charge on any atom is -0.372 e. The molecule has 1 aromatic carbocycles. The second-order valence-corrected chi connectivity index (χ2v) is 5.61. The molecular formula is C14H21BrN2. The van der Waals surface area contributed by atoms with Crippen molar-refractivity contribution in [3.63, 3.8) is 0 Å². The van der Waals surface area contributed by atoms with Crippen LogP contribution in [0.5, 0.6) is 0 Å². The first-order valence-electron chi connectivity index (χ1n) is 6.44. The molecule has 2 nitrogen and oxygen atoms in total. The molecule has 0 heterocycles. The molecule has 94 valence electrons. The van der Waals surface area contributed by atoms with Crippen molar-refractivity contribution in [2.24, 2.45) is 0 Å². The summed E-state index contributed by atoms with van der Waals surface area (Å²) in [6.07, 6.45) is 4.06. The highest BCUT2D eigenvalue weighted by Crippen LogP contribution is 2.30. The molecule has 0 aromatic heterocycles. The van der Waals surface area contributed by atoms with Crippen LogP contribution in [0.3, 0.4) is 0 Å². The normalized spacial score (nSPS) is 15.7. The fraction of sp³-hybridized carbons (Fsp3) is 0.571. The lowest BCUT2D eigenvalue weighted by molar-refractivity contribution is 0.401. The summed E-state index contributed by atoms with van der Waals surface area (Å²) in [5.74, 6) is 0. The van der Waals surface area contributed by atoms with Crippen LogP contribution in [0.2, 0.25) is 0 Å². The van der Waals surface area contributed by atoms with Crippen molar-refractivity contribution in [3.05, 3.63) is 28.2 Å². The summed E-state index contributed by atoms with van der Waals surface area (Å²) in [4.78, 5) is 2.41. The highest BCUT2D eigenvalue weighted by Gasteiger charge is 2.22. The molecule has 0 amide bonds. The second-order valence-electron chi connectivity index (χ2n) is 4.75. The summed E-state index contributed by atoms with van der Waals surface area (Å²) in [6, 6.07) is 7.44. The summed E-state index contributed by atoms with van der Waals surface area (Å²) in [7, 11) is 2.20. The van der Waals surface area contributed by atoms with Gasteiger partial charge in [-0.1, -0.05) is 28.9 Å². The van der Waals surface area contributed by atoms with E-state index >= 15 is 0 Å². The van der Waals surface area contributed by atoms with Gasteiger partial charge in [0.05, 0.1) is 0 Å². The van der Waals surface area contributed by atoms with Crippen LogP contribution in [0.4, 0.5) is 5.69 Å². The van der Waals surface area contributed by atoms with Gasteiger partial charge in [-0.05, 0) is 43.5 Å². The summed E-state index contributed by atoms with van der Waals surface area (Å²) in [5.41, 5.74) is 2.65. The smallest absolute Gasteiger partial charge is 0.0377 e. The van der Waals surface area contributed by atoms with E-state index in [0.717, 1.165) is 19.1 Å². The molecule has 1 aliphatic carbocycles. The number of anilines is 1. The third-order valence-electron chi connectivity index (χ3n) is 3.63. The largest absolute Gasteiger partial charge is 0.372 e. The molecule has 0 radical (unpaired) electrons. The number of hydrogen-bond donors (Lipinski definition) is 1. The number of nitrogens with one attached hydrogen (secondary N) is 1. The van der Waals surface area contributed by atoms with Gasteiger partial charge in [-0.15, -0.1) is 0 Å². The topological polar surface area (TPSA) is 15.3 Å². The molecule has 17 heavy (non-hydrogen) atoms. The lowest BCUT2D eigenvalue weighted by Crippen LogP contribution is -2.37. The van der Waals surface area contributed by atoms with Crippen molar-refractivity contribution in [3.8, 4) is 0 Å². The van der Waals surface area contributed by atoms with Crippen LogP contribution in [-0.2, 0) is 6.54 Å². The van der Waals surface area contributed by atoms with Crippen LogP contribution < -0.4 is 10.2 Å². The Morgan fingerprint density at radius 1 is 1.41 bits per heavy atom. The van der Waals surface area contributed by atoms with Gasteiger partial charge in [0.1, 0.15) is 0 Å². The van der Waals surface area contributed by atoms with Gasteiger partial charge >= 0.3 is 0 Å². The summed E-state index contributed by atoms with van der Waals surface area (Å²) >= 11 is 3.67. The molecule has 0 aliphatic heterocycles. The lowest BCUT2D eigenvalue weighted by Gasteiger charge is -2.36. The Bertz CT molecular complexity index is 374. The van der Waals surface area contributed by atoms with Crippen molar-refractivity contribution in [1.82, 2.24) is 5.32 Å². The van der Waals surface area contributed by atoms with Gasteiger partial charge in [-0.3, -0.25) is 0 Å². The number of halogens is 1. The maximum atomic E-state index is 3.67. The maximum Gasteiger partial charge on any atom is 0.0377 e. The van der Waals surface area contributed by atoms with Crippen LogP contribution in [-0.4, -0.2) is 19.6 Å². The van der Waals surface area contributed by atoms with E-state index in [1.54, 1.807) is 0 Å². The Labute approximate surface area is 113 Å². The Balaban J connectivity index is 2.06. The van der Waals surface area contributed by atoms with Gasteiger partial charge in [0.15, 0.2) is 0 Å². The molecule has 0 spiro atoms. The molecule has 0 atom stereocenters. The molecule has 1 aromatic rings. The number of nitrogens with zero attached hydrogens (tertiary/aromatic N) is 1. The second kappa shape index (κ2) is 5.87. The van der Waals surface area contributed by atoms with Gasteiger partial charge in [0.25, 0.3) is 0 Å². The predicted molar refractivity (Wildman–Crippen MR) is 77.6 cm³/mol. The van der Waals surface area contributed by atoms with Gasteiger partial charge in [-0.25, -0.2) is 0 Å². The van der Waals surface area contributed by atoms with Crippen LogP contribution in [0, 0.1) is 0 Å². The van der Waals surface area contributed by atoms with E-state index < -0.39 is 0 Å². The molecular weight excluding hydrogens is 276 g/mol. The minimum absolute atomic E-state index is 0.751. The Kier molecular flexibility index (Phi) is 4.46. The maximum absolute atomic E-state index is 3.67. The van der Waals surface area contributed by atoms with Crippen LogP contribution in [0.1, 0.15) is 31.7 Å². The zero-order chi connectivity index (χ0) is 12.3. The summed E-state index contributed by atoms with van der Waals surface area (Å²) in [5, 5.41) is 3.36. The van der Waals surface area contributed by atoms with Crippen LogP contribution >= 0.6 is 15.9 Å². The molecule has 3 heteroatoms. The fourth-order valence-electron chi connectivity index (χ4n) is 2.14. The predicted octanol–water partition coefficient (Wildman–Crippen LogP) is 3.55. The van der Waals surface area contributed by atoms with E-state index in [9.17, 15) is 0 Å². The number of rotatable bonds is 5. The zero-order valence-electron chi connectivity index (χ0n) is 10.7. The molecule has 2 rings (SSSR count). The van der Waals surface area contributed by atoms with E-state index in [0.29, 0.717) is 0 Å². The summed E-state index contributed by atoms with van der Waals surface area (Å²) in [6.45, 7) is 4.08. The fourth-order valence-corrected chi connectivity index (χ4v) is 2.65. The van der Waals surface area contributed by atoms with Gasteiger partial charge in [-0.2, -0.15) is 0 Å². The lowest BCUT2D eigenvalue weighted by atomic mass is 9.91. The van der Waals surface area contributed by atoms with Crippen LogP contribution in [0.25, 0.3) is 0 Å². The molecule has 1 saturated carbocycles. The zero-order valence-corrected chi connectivity index (χ0v) is 12.3. The number of hydrogen-bond acceptors (Lipinski definition) is 2. The summed E-state index contributed by atoms with van der Waals surface area (Å²) < 4.78 is 1.21. The first-order chi connectivity index (χ1) is 8.22. The standard InChI is InChI=1S/C14H21BrN2/c1-3-16-10-11-7-8-13(9-14(11)15)17(2)12-5-4-6-12/h7-9,12,16H,3-6,10H2,1-2H3. The van der Waals surface area contributed by atoms with Gasteiger partial charge in [0, 0.05) is 29.8 Å². The van der Waals surface area contributed by atoms with Crippen LogP contribution in [0.15, 0.2) is 22.7 Å². The molecule has 0 saturated heterocycles. The molecule has 1 aliphatic rings. The SMILES string of the molecule is CCNCc1ccc(N(C)C2CCC2)cc1Br. The monoisotopic (exact) mass is 296 g/mol. The van der Waals surface area contributed by atoms with Gasteiger partial charge in [0.2, 0.25) is 0 Å². The molecule has 1 fully saturated rings. The van der Waals surface area contributed by atoms with Crippen molar-refractivity contribution in [1.29, 1.82) is 0 Å².